The molecule has 0 N–H and O–H groups in total. The number of benzene rings is 2. The smallest absolute Gasteiger partial charge is 0.215 e. The van der Waals surface area contributed by atoms with Crippen LogP contribution in [0.25, 0.3) is 0 Å². The molecule has 4 heterocycles. The maximum atomic E-state index is 6.59. The lowest BCUT2D eigenvalue weighted by atomic mass is 10.1. The fourth-order valence-electron chi connectivity index (χ4n) is 6.01. The van der Waals surface area contributed by atoms with Crippen LogP contribution in [0.1, 0.15) is 24.8 Å². The molecule has 2 unspecified atom stereocenters. The number of ether oxygens (including phenoxy) is 3. The number of piperazine rings is 1. The van der Waals surface area contributed by atoms with E-state index in [1.54, 1.807) is 24.7 Å². The SMILES string of the molecule is Clc1ccc(C2(Cn3ccnc3)OCC(COc3ccc(N4CCN(CCN5CCCCC5)CC4)cc3)O2)c(Cl)c1. The number of aromatic nitrogens is 2. The van der Waals surface area contributed by atoms with Crippen molar-refractivity contribution in [3.63, 3.8) is 0 Å². The van der Waals surface area contributed by atoms with Crippen LogP contribution in [0.4, 0.5) is 5.69 Å². The van der Waals surface area contributed by atoms with Crippen molar-refractivity contribution >= 4 is 28.9 Å². The second-order valence-electron chi connectivity index (χ2n) is 11.2. The highest BCUT2D eigenvalue weighted by Gasteiger charge is 2.45. The summed E-state index contributed by atoms with van der Waals surface area (Å²) >= 11 is 12.7. The van der Waals surface area contributed by atoms with Crippen molar-refractivity contribution in [1.29, 1.82) is 0 Å². The molecular weight excluding hydrogens is 561 g/mol. The first kappa shape index (κ1) is 28.8. The summed E-state index contributed by atoms with van der Waals surface area (Å²) in [6.07, 6.45) is 9.20. The van der Waals surface area contributed by atoms with E-state index in [9.17, 15) is 0 Å². The van der Waals surface area contributed by atoms with E-state index >= 15 is 0 Å². The van der Waals surface area contributed by atoms with E-state index in [1.807, 2.05) is 29.0 Å². The quantitative estimate of drug-likeness (QED) is 0.319. The summed E-state index contributed by atoms with van der Waals surface area (Å²) in [5, 5.41) is 1.06. The minimum absolute atomic E-state index is 0.261. The van der Waals surface area contributed by atoms with E-state index in [4.69, 9.17) is 37.4 Å². The van der Waals surface area contributed by atoms with Gasteiger partial charge in [-0.3, -0.25) is 4.90 Å². The van der Waals surface area contributed by atoms with Gasteiger partial charge in [0.2, 0.25) is 5.79 Å². The summed E-state index contributed by atoms with van der Waals surface area (Å²) < 4.78 is 20.8. The van der Waals surface area contributed by atoms with Gasteiger partial charge < -0.3 is 28.6 Å². The number of piperidine rings is 1. The number of nitrogens with zero attached hydrogens (tertiary/aromatic N) is 5. The fourth-order valence-corrected chi connectivity index (χ4v) is 6.57. The molecule has 1 aromatic heterocycles. The summed E-state index contributed by atoms with van der Waals surface area (Å²) in [6.45, 7) is 10.4. The lowest BCUT2D eigenvalue weighted by Crippen LogP contribution is -2.48. The maximum Gasteiger partial charge on any atom is 0.215 e. The van der Waals surface area contributed by atoms with Crippen LogP contribution in [0.3, 0.4) is 0 Å². The van der Waals surface area contributed by atoms with Crippen LogP contribution >= 0.6 is 23.2 Å². The maximum absolute atomic E-state index is 6.59. The lowest BCUT2D eigenvalue weighted by molar-refractivity contribution is -0.189. The number of likely N-dealkylation sites (tertiary alicyclic amines) is 1. The van der Waals surface area contributed by atoms with Crippen molar-refractivity contribution in [1.82, 2.24) is 19.4 Å². The lowest BCUT2D eigenvalue weighted by Gasteiger charge is -2.37. The molecule has 0 aliphatic carbocycles. The Balaban J connectivity index is 1.00. The Bertz CT molecular complexity index is 1250. The molecule has 3 saturated heterocycles. The van der Waals surface area contributed by atoms with Crippen LogP contribution in [0.2, 0.25) is 10.0 Å². The minimum Gasteiger partial charge on any atom is -0.491 e. The first-order chi connectivity index (χ1) is 20.1. The predicted octanol–water partition coefficient (Wildman–Crippen LogP) is 5.15. The molecule has 3 fully saturated rings. The fraction of sp³-hybridized carbons (Fsp3) is 0.516. The Kier molecular flexibility index (Phi) is 9.35. The van der Waals surface area contributed by atoms with Gasteiger partial charge in [0.1, 0.15) is 18.5 Å². The third kappa shape index (κ3) is 7.19. The molecule has 41 heavy (non-hydrogen) atoms. The first-order valence-electron chi connectivity index (χ1n) is 14.7. The van der Waals surface area contributed by atoms with Crippen molar-refractivity contribution < 1.29 is 14.2 Å². The van der Waals surface area contributed by atoms with Crippen molar-refractivity contribution in [3.05, 3.63) is 76.8 Å². The van der Waals surface area contributed by atoms with Gasteiger partial charge in [-0.2, -0.15) is 0 Å². The monoisotopic (exact) mass is 599 g/mol. The number of hydrogen-bond donors (Lipinski definition) is 0. The molecule has 3 aromatic rings. The summed E-state index contributed by atoms with van der Waals surface area (Å²) in [5.74, 6) is -0.245. The summed E-state index contributed by atoms with van der Waals surface area (Å²) in [4.78, 5) is 11.9. The molecule has 0 amide bonds. The van der Waals surface area contributed by atoms with Crippen molar-refractivity contribution in [3.8, 4) is 5.75 Å². The van der Waals surface area contributed by atoms with Gasteiger partial charge in [0.25, 0.3) is 0 Å². The largest absolute Gasteiger partial charge is 0.491 e. The number of halogens is 2. The topological polar surface area (TPSA) is 55.2 Å². The summed E-state index contributed by atoms with van der Waals surface area (Å²) in [6, 6.07) is 13.8. The van der Waals surface area contributed by atoms with Crippen molar-refractivity contribution in [2.24, 2.45) is 0 Å². The Labute approximate surface area is 252 Å². The van der Waals surface area contributed by atoms with Crippen LogP contribution in [-0.2, 0) is 21.8 Å². The highest BCUT2D eigenvalue weighted by atomic mass is 35.5. The van der Waals surface area contributed by atoms with Crippen LogP contribution in [-0.4, -0.2) is 91.0 Å². The molecule has 0 spiro atoms. The molecular formula is C31H39Cl2N5O3. The van der Waals surface area contributed by atoms with Gasteiger partial charge in [-0.15, -0.1) is 0 Å². The molecule has 3 aliphatic rings. The standard InChI is InChI=1S/C31H39Cl2N5O3/c32-25-4-9-29(30(33)20-25)31(23-37-13-10-34-24-37)40-22-28(41-31)21-39-27-7-5-26(6-8-27)38-18-16-36(17-19-38)15-14-35-11-2-1-3-12-35/h4-10,13,20,24,28H,1-3,11-12,14-19,21-23H2. The average molecular weight is 601 g/mol. The molecule has 8 nitrogen and oxygen atoms in total. The summed E-state index contributed by atoms with van der Waals surface area (Å²) in [5.41, 5.74) is 1.97. The van der Waals surface area contributed by atoms with E-state index in [0.29, 0.717) is 29.8 Å². The molecule has 3 aliphatic heterocycles. The molecule has 0 saturated carbocycles. The molecule has 0 radical (unpaired) electrons. The molecule has 2 atom stereocenters. The van der Waals surface area contributed by atoms with Crippen LogP contribution in [0.5, 0.6) is 5.75 Å². The molecule has 220 valence electrons. The van der Waals surface area contributed by atoms with Gasteiger partial charge in [0, 0.05) is 67.9 Å². The predicted molar refractivity (Wildman–Crippen MR) is 162 cm³/mol. The number of imidazole rings is 1. The van der Waals surface area contributed by atoms with E-state index < -0.39 is 5.79 Å². The van der Waals surface area contributed by atoms with E-state index in [-0.39, 0.29) is 6.10 Å². The Morgan fingerprint density at radius 1 is 0.902 bits per heavy atom. The van der Waals surface area contributed by atoms with Crippen LogP contribution in [0, 0.1) is 0 Å². The second-order valence-corrected chi connectivity index (χ2v) is 12.0. The van der Waals surface area contributed by atoms with Gasteiger partial charge in [0.15, 0.2) is 0 Å². The summed E-state index contributed by atoms with van der Waals surface area (Å²) in [7, 11) is 0. The van der Waals surface area contributed by atoms with Crippen molar-refractivity contribution in [2.75, 3.05) is 70.5 Å². The van der Waals surface area contributed by atoms with Crippen LogP contribution < -0.4 is 9.64 Å². The zero-order chi connectivity index (χ0) is 28.1. The highest BCUT2D eigenvalue weighted by molar-refractivity contribution is 6.35. The third-order valence-corrected chi connectivity index (χ3v) is 8.89. The molecule has 6 rings (SSSR count). The number of rotatable bonds is 10. The van der Waals surface area contributed by atoms with Crippen LogP contribution in [0.15, 0.2) is 61.2 Å². The molecule has 2 aromatic carbocycles. The van der Waals surface area contributed by atoms with Gasteiger partial charge in [0.05, 0.1) is 24.5 Å². The number of hydrogen-bond acceptors (Lipinski definition) is 7. The van der Waals surface area contributed by atoms with E-state index in [1.165, 1.54) is 51.1 Å². The minimum atomic E-state index is -1.06. The highest BCUT2D eigenvalue weighted by Crippen LogP contribution is 2.40. The number of anilines is 1. The van der Waals surface area contributed by atoms with E-state index in [2.05, 4.69) is 31.8 Å². The van der Waals surface area contributed by atoms with Gasteiger partial charge in [-0.05, 0) is 62.3 Å². The first-order valence-corrected chi connectivity index (χ1v) is 15.5. The second kappa shape index (κ2) is 13.3. The zero-order valence-electron chi connectivity index (χ0n) is 23.5. The Morgan fingerprint density at radius 3 is 2.37 bits per heavy atom. The van der Waals surface area contributed by atoms with Gasteiger partial charge >= 0.3 is 0 Å². The third-order valence-electron chi connectivity index (χ3n) is 8.34. The normalized spacial score (nSPS) is 24.1. The van der Waals surface area contributed by atoms with E-state index in [0.717, 1.165) is 37.5 Å². The van der Waals surface area contributed by atoms with Crippen molar-refractivity contribution in [2.45, 2.75) is 37.7 Å². The van der Waals surface area contributed by atoms with Gasteiger partial charge in [-0.25, -0.2) is 4.98 Å². The molecule has 0 bridgehead atoms. The molecule has 10 heteroatoms. The van der Waals surface area contributed by atoms with Gasteiger partial charge in [-0.1, -0.05) is 35.7 Å². The average Bonchev–Trinajstić information content (AvgIpc) is 3.67. The Morgan fingerprint density at radius 2 is 1.66 bits per heavy atom. The Hall–Kier alpha value is -2.33. The zero-order valence-corrected chi connectivity index (χ0v) is 25.0.